The quantitative estimate of drug-likeness (QED) is 0.632. The van der Waals surface area contributed by atoms with E-state index in [4.69, 9.17) is 10.5 Å². The van der Waals surface area contributed by atoms with Gasteiger partial charge in [-0.25, -0.2) is 9.78 Å². The highest BCUT2D eigenvalue weighted by Crippen LogP contribution is 2.37. The minimum absolute atomic E-state index is 0.0240. The van der Waals surface area contributed by atoms with Gasteiger partial charge in [0, 0.05) is 19.2 Å². The summed E-state index contributed by atoms with van der Waals surface area (Å²) in [5, 5.41) is 11.0. The number of ether oxygens (including phenoxy) is 1. The lowest BCUT2D eigenvalue weighted by Crippen LogP contribution is -2.70. The number of fused-ring (bicyclic) bond motifs is 2. The van der Waals surface area contributed by atoms with Crippen molar-refractivity contribution in [2.45, 2.75) is 44.9 Å². The third kappa shape index (κ3) is 3.26. The van der Waals surface area contributed by atoms with E-state index < -0.39 is 22.1 Å². The van der Waals surface area contributed by atoms with Crippen LogP contribution in [0.3, 0.4) is 0 Å². The Morgan fingerprint density at radius 1 is 1.31 bits per heavy atom. The topological polar surface area (TPSA) is 132 Å². The van der Waals surface area contributed by atoms with Crippen molar-refractivity contribution in [2.75, 3.05) is 18.0 Å². The maximum Gasteiger partial charge on any atom is 0.410 e. The number of rotatable bonds is 3. The Morgan fingerprint density at radius 2 is 1.92 bits per heavy atom. The molecule has 3 fully saturated rings. The van der Waals surface area contributed by atoms with Crippen LogP contribution in [-0.4, -0.2) is 57.6 Å². The third-order valence-corrected chi connectivity index (χ3v) is 4.40. The molecule has 4 heterocycles. The van der Waals surface area contributed by atoms with Gasteiger partial charge in [-0.15, -0.1) is 0 Å². The number of pyridine rings is 1. The summed E-state index contributed by atoms with van der Waals surface area (Å²) in [6, 6.07) is 2.79. The van der Waals surface area contributed by atoms with Gasteiger partial charge in [0.15, 0.2) is 0 Å². The van der Waals surface area contributed by atoms with Crippen molar-refractivity contribution in [3.8, 4) is 0 Å². The Kier molecular flexibility index (Phi) is 4.21. The fourth-order valence-corrected chi connectivity index (χ4v) is 3.37. The van der Waals surface area contributed by atoms with E-state index in [1.165, 1.54) is 12.1 Å². The average Bonchev–Trinajstić information content (AvgIpc) is 2.53. The number of nitrogens with two attached hydrogens (primary N) is 1. The zero-order valence-electron chi connectivity index (χ0n) is 14.8. The van der Waals surface area contributed by atoms with Crippen molar-refractivity contribution >= 4 is 23.5 Å². The van der Waals surface area contributed by atoms with Crippen LogP contribution < -0.4 is 10.6 Å². The molecule has 4 rings (SSSR count). The van der Waals surface area contributed by atoms with Crippen LogP contribution in [0.4, 0.5) is 16.3 Å². The second-order valence-corrected chi connectivity index (χ2v) is 7.49. The number of anilines is 1. The van der Waals surface area contributed by atoms with E-state index in [-0.39, 0.29) is 23.9 Å². The maximum absolute atomic E-state index is 12.2. The van der Waals surface area contributed by atoms with Gasteiger partial charge in [0.25, 0.3) is 5.91 Å². The minimum atomic E-state index is -0.945. The van der Waals surface area contributed by atoms with Crippen molar-refractivity contribution in [3.63, 3.8) is 0 Å². The molecular weight excluding hydrogens is 342 g/mol. The van der Waals surface area contributed by atoms with Crippen LogP contribution in [0.25, 0.3) is 0 Å². The molecule has 3 aliphatic heterocycles. The van der Waals surface area contributed by atoms with Gasteiger partial charge in [-0.05, 0) is 33.3 Å². The molecule has 2 N–H and O–H groups in total. The predicted octanol–water partition coefficient (Wildman–Crippen LogP) is 1.29. The van der Waals surface area contributed by atoms with Crippen molar-refractivity contribution in [2.24, 2.45) is 5.73 Å². The minimum Gasteiger partial charge on any atom is -0.444 e. The average molecular weight is 363 g/mol. The molecule has 1 aromatic rings. The fraction of sp³-hybridized carbons (Fsp3) is 0.562. The first kappa shape index (κ1) is 17.9. The number of nitrogens with zero attached hydrogens (tertiary/aromatic N) is 4. The van der Waals surface area contributed by atoms with E-state index in [0.717, 1.165) is 6.42 Å². The highest BCUT2D eigenvalue weighted by atomic mass is 16.6. The molecule has 10 nitrogen and oxygen atoms in total. The Morgan fingerprint density at radius 3 is 2.42 bits per heavy atom. The molecule has 1 aromatic heterocycles. The van der Waals surface area contributed by atoms with E-state index >= 15 is 0 Å². The van der Waals surface area contributed by atoms with E-state index in [0.29, 0.717) is 18.9 Å². The number of carbonyl (C=O) groups excluding carboxylic acids is 2. The Hall–Kier alpha value is -2.91. The smallest absolute Gasteiger partial charge is 0.410 e. The molecule has 2 atom stereocenters. The number of amides is 2. The number of hydrogen-bond acceptors (Lipinski definition) is 7. The van der Waals surface area contributed by atoms with Gasteiger partial charge in [-0.2, -0.15) is 0 Å². The summed E-state index contributed by atoms with van der Waals surface area (Å²) in [6.45, 7) is 6.38. The first-order valence-electron chi connectivity index (χ1n) is 8.28. The van der Waals surface area contributed by atoms with Crippen LogP contribution in [0.15, 0.2) is 12.1 Å². The summed E-state index contributed by atoms with van der Waals surface area (Å²) in [5.74, 6) is -0.492. The van der Waals surface area contributed by atoms with Gasteiger partial charge in [-0.3, -0.25) is 14.9 Å². The molecule has 2 unspecified atom stereocenters. The Balaban J connectivity index is 1.76. The lowest BCUT2D eigenvalue weighted by atomic mass is 9.87. The van der Waals surface area contributed by atoms with E-state index in [1.54, 1.807) is 4.90 Å². The number of aromatic nitrogens is 1. The maximum atomic E-state index is 12.2. The SMILES string of the molecule is CC(C)(C)OC(=O)N1CC2CC(C1)N2c1ccc([N+](=O)[O-])c(C(N)=O)n1. The van der Waals surface area contributed by atoms with Gasteiger partial charge in [0.2, 0.25) is 5.69 Å². The molecule has 0 spiro atoms. The predicted molar refractivity (Wildman–Crippen MR) is 91.9 cm³/mol. The lowest BCUT2D eigenvalue weighted by Gasteiger charge is -2.56. The zero-order chi connectivity index (χ0) is 19.2. The first-order valence-corrected chi connectivity index (χ1v) is 8.28. The van der Waals surface area contributed by atoms with Crippen LogP contribution in [0.5, 0.6) is 0 Å². The molecule has 0 radical (unpaired) electrons. The van der Waals surface area contributed by atoms with Gasteiger partial charge >= 0.3 is 11.8 Å². The highest BCUT2D eigenvalue weighted by molar-refractivity contribution is 5.95. The van der Waals surface area contributed by atoms with E-state index in [1.807, 2.05) is 25.7 Å². The van der Waals surface area contributed by atoms with Crippen molar-refractivity contribution < 1.29 is 19.2 Å². The Labute approximate surface area is 150 Å². The fourth-order valence-electron chi connectivity index (χ4n) is 3.37. The van der Waals surface area contributed by atoms with Crippen molar-refractivity contribution in [1.82, 2.24) is 9.88 Å². The molecule has 140 valence electrons. The van der Waals surface area contributed by atoms with E-state index in [9.17, 15) is 19.7 Å². The van der Waals surface area contributed by atoms with Crippen LogP contribution in [-0.2, 0) is 4.74 Å². The number of piperazine rings is 1. The molecule has 3 aliphatic rings. The summed E-state index contributed by atoms with van der Waals surface area (Å²) in [7, 11) is 0. The Bertz CT molecular complexity index is 763. The summed E-state index contributed by atoms with van der Waals surface area (Å²) in [6.07, 6.45) is 0.519. The van der Waals surface area contributed by atoms with Crippen molar-refractivity contribution in [1.29, 1.82) is 0 Å². The first-order chi connectivity index (χ1) is 12.1. The highest BCUT2D eigenvalue weighted by Gasteiger charge is 2.47. The zero-order valence-corrected chi connectivity index (χ0v) is 14.8. The van der Waals surface area contributed by atoms with Crippen LogP contribution in [0, 0.1) is 10.1 Å². The molecule has 2 bridgehead atoms. The number of carbonyl (C=O) groups is 2. The standard InChI is InChI=1S/C16H21N5O5/c1-16(2,3)26-15(23)19-7-9-6-10(8-19)20(9)12-5-4-11(21(24)25)13(18-12)14(17)22/h4-5,9-10H,6-8H2,1-3H3,(H2,17,22). The summed E-state index contributed by atoms with van der Waals surface area (Å²) < 4.78 is 5.40. The normalized spacial score (nSPS) is 21.8. The second kappa shape index (κ2) is 6.11. The molecule has 0 saturated carbocycles. The number of piperidine rings is 1. The third-order valence-electron chi connectivity index (χ3n) is 4.40. The van der Waals surface area contributed by atoms with E-state index in [2.05, 4.69) is 4.98 Å². The van der Waals surface area contributed by atoms with Gasteiger partial charge in [0.05, 0.1) is 17.0 Å². The summed E-state index contributed by atoms with van der Waals surface area (Å²) >= 11 is 0. The number of hydrogen-bond donors (Lipinski definition) is 1. The summed E-state index contributed by atoms with van der Waals surface area (Å²) in [4.78, 5) is 41.8. The van der Waals surface area contributed by atoms with Crippen LogP contribution in [0.1, 0.15) is 37.7 Å². The lowest BCUT2D eigenvalue weighted by molar-refractivity contribution is -0.385. The van der Waals surface area contributed by atoms with Gasteiger partial charge in [-0.1, -0.05) is 0 Å². The number of nitro groups is 1. The molecule has 3 saturated heterocycles. The number of primary amides is 1. The molecular formula is C16H21N5O5. The van der Waals surface area contributed by atoms with Crippen LogP contribution >= 0.6 is 0 Å². The second-order valence-electron chi connectivity index (χ2n) is 7.49. The molecule has 26 heavy (non-hydrogen) atoms. The van der Waals surface area contributed by atoms with Crippen molar-refractivity contribution in [3.05, 3.63) is 27.9 Å². The monoisotopic (exact) mass is 363 g/mol. The summed E-state index contributed by atoms with van der Waals surface area (Å²) in [5.41, 5.74) is 3.89. The van der Waals surface area contributed by atoms with Gasteiger partial charge in [0.1, 0.15) is 11.4 Å². The molecule has 10 heteroatoms. The molecule has 0 aliphatic carbocycles. The largest absolute Gasteiger partial charge is 0.444 e. The molecule has 0 aromatic carbocycles. The molecule has 2 amide bonds. The van der Waals surface area contributed by atoms with Gasteiger partial charge < -0.3 is 20.3 Å². The van der Waals surface area contributed by atoms with Crippen LogP contribution in [0.2, 0.25) is 0 Å².